The second kappa shape index (κ2) is 4.02. The molecular weight excluding hydrogens is 227 g/mol. The molecule has 0 saturated heterocycles. The first-order chi connectivity index (χ1) is 8.11. The third-order valence-electron chi connectivity index (χ3n) is 2.10. The van der Waals surface area contributed by atoms with Gasteiger partial charge in [-0.3, -0.25) is 10.1 Å². The average Bonchev–Trinajstić information content (AvgIpc) is 2.78. The van der Waals surface area contributed by atoms with Gasteiger partial charge in [0.25, 0.3) is 0 Å². The lowest BCUT2D eigenvalue weighted by atomic mass is 10.2. The van der Waals surface area contributed by atoms with E-state index < -0.39 is 10.7 Å². The molecule has 0 unspecified atom stereocenters. The van der Waals surface area contributed by atoms with Crippen molar-refractivity contribution in [3.05, 3.63) is 52.1 Å². The fraction of sp³-hybridized carbons (Fsp3) is 0. The SMILES string of the molecule is N#Cc1ccc(-n2cc([N+](=O)[O-])cn2)c(F)c1. The van der Waals surface area contributed by atoms with Crippen LogP contribution in [0.3, 0.4) is 0 Å². The fourth-order valence-electron chi connectivity index (χ4n) is 1.30. The summed E-state index contributed by atoms with van der Waals surface area (Å²) in [6, 6.07) is 5.58. The highest BCUT2D eigenvalue weighted by Gasteiger charge is 2.12. The van der Waals surface area contributed by atoms with Gasteiger partial charge in [-0.1, -0.05) is 0 Å². The third kappa shape index (κ3) is 1.96. The van der Waals surface area contributed by atoms with E-state index in [1.807, 2.05) is 0 Å². The minimum atomic E-state index is -0.665. The highest BCUT2D eigenvalue weighted by molar-refractivity contribution is 5.41. The van der Waals surface area contributed by atoms with Crippen LogP contribution in [0.5, 0.6) is 0 Å². The summed E-state index contributed by atoms with van der Waals surface area (Å²) in [6.45, 7) is 0. The van der Waals surface area contributed by atoms with Crippen molar-refractivity contribution in [1.82, 2.24) is 9.78 Å². The van der Waals surface area contributed by atoms with Crippen molar-refractivity contribution in [3.8, 4) is 11.8 Å². The molecule has 17 heavy (non-hydrogen) atoms. The molecule has 7 heteroatoms. The number of benzene rings is 1. The van der Waals surface area contributed by atoms with E-state index in [1.54, 1.807) is 6.07 Å². The third-order valence-corrected chi connectivity index (χ3v) is 2.10. The van der Waals surface area contributed by atoms with E-state index in [0.717, 1.165) is 23.1 Å². The molecule has 0 aliphatic heterocycles. The molecule has 1 aromatic heterocycles. The molecule has 0 radical (unpaired) electrons. The lowest BCUT2D eigenvalue weighted by Gasteiger charge is -2.01. The highest BCUT2D eigenvalue weighted by atomic mass is 19.1. The Balaban J connectivity index is 2.46. The number of hydrogen-bond acceptors (Lipinski definition) is 4. The largest absolute Gasteiger partial charge is 0.307 e. The molecule has 6 nitrogen and oxygen atoms in total. The zero-order valence-electron chi connectivity index (χ0n) is 8.37. The minimum Gasteiger partial charge on any atom is -0.258 e. The Kier molecular flexibility index (Phi) is 2.54. The maximum Gasteiger partial charge on any atom is 0.307 e. The molecule has 1 aromatic carbocycles. The second-order valence-electron chi connectivity index (χ2n) is 3.18. The summed E-state index contributed by atoms with van der Waals surface area (Å²) in [5.74, 6) is -0.665. The van der Waals surface area contributed by atoms with E-state index in [9.17, 15) is 14.5 Å². The van der Waals surface area contributed by atoms with Crippen molar-refractivity contribution in [3.63, 3.8) is 0 Å². The van der Waals surface area contributed by atoms with Gasteiger partial charge in [0.1, 0.15) is 23.9 Å². The first kappa shape index (κ1) is 10.8. The van der Waals surface area contributed by atoms with Crippen LogP contribution in [0.15, 0.2) is 30.6 Å². The Morgan fingerprint density at radius 2 is 2.29 bits per heavy atom. The summed E-state index contributed by atoms with van der Waals surface area (Å²) in [6.07, 6.45) is 2.13. The van der Waals surface area contributed by atoms with Crippen LogP contribution in [0.25, 0.3) is 5.69 Å². The predicted octanol–water partition coefficient (Wildman–Crippen LogP) is 1.79. The molecule has 0 saturated carbocycles. The van der Waals surface area contributed by atoms with Crippen molar-refractivity contribution in [2.24, 2.45) is 0 Å². The van der Waals surface area contributed by atoms with Crippen LogP contribution < -0.4 is 0 Å². The van der Waals surface area contributed by atoms with Crippen LogP contribution in [0.4, 0.5) is 10.1 Å². The summed E-state index contributed by atoms with van der Waals surface area (Å²) in [5, 5.41) is 22.7. The van der Waals surface area contributed by atoms with Crippen molar-refractivity contribution >= 4 is 5.69 Å². The highest BCUT2D eigenvalue weighted by Crippen LogP contribution is 2.17. The van der Waals surface area contributed by atoms with Crippen molar-refractivity contribution in [1.29, 1.82) is 5.26 Å². The van der Waals surface area contributed by atoms with Gasteiger partial charge in [0.2, 0.25) is 0 Å². The topological polar surface area (TPSA) is 84.8 Å². The van der Waals surface area contributed by atoms with Crippen LogP contribution in [-0.2, 0) is 0 Å². The van der Waals surface area contributed by atoms with Gasteiger partial charge in [0.15, 0.2) is 0 Å². The van der Waals surface area contributed by atoms with Crippen molar-refractivity contribution in [2.75, 3.05) is 0 Å². The Morgan fingerprint density at radius 3 is 2.82 bits per heavy atom. The molecule has 0 amide bonds. The Hall–Kier alpha value is -2.75. The van der Waals surface area contributed by atoms with Gasteiger partial charge >= 0.3 is 5.69 Å². The van der Waals surface area contributed by atoms with Gasteiger partial charge in [0.05, 0.1) is 16.6 Å². The first-order valence-corrected chi connectivity index (χ1v) is 4.51. The lowest BCUT2D eigenvalue weighted by molar-refractivity contribution is -0.384. The Labute approximate surface area is 94.7 Å². The fourth-order valence-corrected chi connectivity index (χ4v) is 1.30. The Bertz CT molecular complexity index is 629. The summed E-state index contributed by atoms with van der Waals surface area (Å²) in [7, 11) is 0. The second-order valence-corrected chi connectivity index (χ2v) is 3.18. The molecular formula is C10H5FN4O2. The molecule has 1 heterocycles. The maximum atomic E-state index is 13.6. The summed E-state index contributed by atoms with van der Waals surface area (Å²) >= 11 is 0. The van der Waals surface area contributed by atoms with Crippen LogP contribution in [0.1, 0.15) is 5.56 Å². The zero-order chi connectivity index (χ0) is 12.4. The number of aromatic nitrogens is 2. The molecule has 0 N–H and O–H groups in total. The van der Waals surface area contributed by atoms with Gasteiger partial charge < -0.3 is 0 Å². The minimum absolute atomic E-state index is 0.0529. The molecule has 0 spiro atoms. The molecule has 0 fully saturated rings. The number of nitrogens with zero attached hydrogens (tertiary/aromatic N) is 4. The number of nitro groups is 1. The quantitative estimate of drug-likeness (QED) is 0.583. The molecule has 0 aliphatic carbocycles. The monoisotopic (exact) mass is 232 g/mol. The molecule has 0 atom stereocenters. The van der Waals surface area contributed by atoms with Crippen LogP contribution in [0.2, 0.25) is 0 Å². The number of rotatable bonds is 2. The number of halogens is 1. The average molecular weight is 232 g/mol. The van der Waals surface area contributed by atoms with Crippen LogP contribution >= 0.6 is 0 Å². The summed E-state index contributed by atoms with van der Waals surface area (Å²) in [4.78, 5) is 9.83. The van der Waals surface area contributed by atoms with Gasteiger partial charge in [-0.2, -0.15) is 10.4 Å². The van der Waals surface area contributed by atoms with Crippen LogP contribution in [-0.4, -0.2) is 14.7 Å². The van der Waals surface area contributed by atoms with Gasteiger partial charge in [0, 0.05) is 0 Å². The van der Waals surface area contributed by atoms with Gasteiger partial charge in [-0.15, -0.1) is 0 Å². The maximum absolute atomic E-state index is 13.6. The van der Waals surface area contributed by atoms with E-state index in [2.05, 4.69) is 5.10 Å². The van der Waals surface area contributed by atoms with Crippen molar-refractivity contribution in [2.45, 2.75) is 0 Å². The van der Waals surface area contributed by atoms with E-state index in [-0.39, 0.29) is 16.9 Å². The van der Waals surface area contributed by atoms with Gasteiger partial charge in [-0.05, 0) is 18.2 Å². The summed E-state index contributed by atoms with van der Waals surface area (Å²) < 4.78 is 14.6. The van der Waals surface area contributed by atoms with Gasteiger partial charge in [-0.25, -0.2) is 9.07 Å². The molecule has 0 bridgehead atoms. The molecule has 0 aliphatic rings. The first-order valence-electron chi connectivity index (χ1n) is 4.51. The van der Waals surface area contributed by atoms with E-state index in [0.29, 0.717) is 0 Å². The normalized spacial score (nSPS) is 9.88. The molecule has 84 valence electrons. The lowest BCUT2D eigenvalue weighted by Crippen LogP contribution is -1.98. The van der Waals surface area contributed by atoms with E-state index in [1.165, 1.54) is 12.1 Å². The standard InChI is InChI=1S/C10H5FN4O2/c11-9-3-7(4-12)1-2-10(9)14-6-8(5-13-14)15(16)17/h1-3,5-6H. The summed E-state index contributed by atoms with van der Waals surface area (Å²) in [5.41, 5.74) is -0.00114. The predicted molar refractivity (Wildman–Crippen MR) is 54.9 cm³/mol. The zero-order valence-corrected chi connectivity index (χ0v) is 8.37. The van der Waals surface area contributed by atoms with Crippen molar-refractivity contribution < 1.29 is 9.31 Å². The number of nitriles is 1. The molecule has 2 rings (SSSR count). The van der Waals surface area contributed by atoms with Crippen LogP contribution in [0, 0.1) is 27.3 Å². The van der Waals surface area contributed by atoms with E-state index >= 15 is 0 Å². The Morgan fingerprint density at radius 1 is 1.53 bits per heavy atom. The number of hydrogen-bond donors (Lipinski definition) is 0. The smallest absolute Gasteiger partial charge is 0.258 e. The molecule has 2 aromatic rings. The van der Waals surface area contributed by atoms with E-state index in [4.69, 9.17) is 5.26 Å².